The van der Waals surface area contributed by atoms with Crippen LogP contribution in [0, 0.1) is 10.1 Å². The number of nitro benzene ring substituents is 1. The molecule has 0 atom stereocenters. The fourth-order valence-electron chi connectivity index (χ4n) is 5.23. The van der Waals surface area contributed by atoms with Gasteiger partial charge in [0.2, 0.25) is 5.95 Å². The summed E-state index contributed by atoms with van der Waals surface area (Å²) in [5, 5.41) is 17.5. The Morgan fingerprint density at radius 1 is 0.635 bits per heavy atom. The number of nitro groups is 1. The quantitative estimate of drug-likeness (QED) is 0.0316. The lowest BCUT2D eigenvalue weighted by atomic mass is 10.0. The van der Waals surface area contributed by atoms with E-state index in [0.29, 0.717) is 82.4 Å². The smallest absolute Gasteiger partial charge is 0.272 e. The first kappa shape index (κ1) is 39.3. The highest BCUT2D eigenvalue weighted by Gasteiger charge is 2.13. The lowest BCUT2D eigenvalue weighted by Crippen LogP contribution is -2.12. The summed E-state index contributed by atoms with van der Waals surface area (Å²) in [6, 6.07) is 22.5. The van der Waals surface area contributed by atoms with Crippen LogP contribution in [-0.2, 0) is 37.2 Å². The molecule has 0 aliphatic heterocycles. The predicted octanol–water partition coefficient (Wildman–Crippen LogP) is 8.75. The molecule has 2 heterocycles. The Balaban J connectivity index is 1.18. The molecular weight excluding hydrogens is 738 g/mol. The van der Waals surface area contributed by atoms with Gasteiger partial charge in [-0.05, 0) is 74.0 Å². The molecule has 0 bridgehead atoms. The van der Waals surface area contributed by atoms with Gasteiger partial charge in [-0.15, -0.1) is 0 Å². The monoisotopic (exact) mass is 777 g/mol. The first-order chi connectivity index (χ1) is 25.3. The van der Waals surface area contributed by atoms with E-state index in [9.17, 15) is 10.1 Å². The number of para-hydroxylation sites is 1. The van der Waals surface area contributed by atoms with Crippen LogP contribution in [0.15, 0.2) is 83.1 Å². The molecule has 0 spiro atoms. The minimum absolute atomic E-state index is 0.178. The number of halogens is 2. The fraction of sp³-hybridized carbons (Fsp3) is 0.351. The van der Waals surface area contributed by atoms with Gasteiger partial charge in [0.1, 0.15) is 17.5 Å². The highest BCUT2D eigenvalue weighted by molar-refractivity contribution is 7.98. The van der Waals surface area contributed by atoms with Crippen molar-refractivity contribution in [2.45, 2.75) is 79.6 Å². The van der Waals surface area contributed by atoms with Crippen LogP contribution in [0.2, 0.25) is 10.0 Å². The highest BCUT2D eigenvalue weighted by atomic mass is 35.5. The Labute approximate surface area is 322 Å². The number of nitrogens with one attached hydrogen (secondary N) is 1. The zero-order chi connectivity index (χ0) is 36.5. The normalized spacial score (nSPS) is 11.1. The number of rotatable bonds is 21. The molecule has 0 saturated carbocycles. The number of aromatic nitrogens is 6. The second-order valence-electron chi connectivity index (χ2n) is 12.0. The van der Waals surface area contributed by atoms with E-state index in [-0.39, 0.29) is 10.6 Å². The van der Waals surface area contributed by atoms with Gasteiger partial charge < -0.3 is 11.1 Å². The standard InChI is InChI=1S/C37H41Cl2N9O2S2/c38-29-18-14-26(15-19-29)24-51-36-44-32(11-3-1-2-8-28-9-4-5-10-31(28)48(49)50)42-33(45-36)13-7-23-41-35-43-34(12-6-22-40)46-37(47-35)52-25-27-16-20-30(39)21-17-27/h4-5,9-10,14-21H,1-3,6-8,11-13,22-25,40H2,(H,41,43,46,47). The molecule has 3 aromatic carbocycles. The molecule has 52 heavy (non-hydrogen) atoms. The van der Waals surface area contributed by atoms with Crippen LogP contribution in [0.4, 0.5) is 11.6 Å². The number of benzene rings is 3. The Morgan fingerprint density at radius 3 is 1.79 bits per heavy atom. The van der Waals surface area contributed by atoms with Crippen LogP contribution in [-0.4, -0.2) is 47.9 Å². The first-order valence-electron chi connectivity index (χ1n) is 17.2. The molecule has 0 aliphatic carbocycles. The third-order valence-corrected chi connectivity index (χ3v) is 10.3. The zero-order valence-corrected chi connectivity index (χ0v) is 31.9. The minimum Gasteiger partial charge on any atom is -0.354 e. The zero-order valence-electron chi connectivity index (χ0n) is 28.7. The van der Waals surface area contributed by atoms with Gasteiger partial charge >= 0.3 is 0 Å². The first-order valence-corrected chi connectivity index (χ1v) is 20.0. The lowest BCUT2D eigenvalue weighted by molar-refractivity contribution is -0.385. The molecule has 5 rings (SSSR count). The van der Waals surface area contributed by atoms with Crippen LogP contribution in [0.3, 0.4) is 0 Å². The lowest BCUT2D eigenvalue weighted by Gasteiger charge is -2.10. The largest absolute Gasteiger partial charge is 0.354 e. The van der Waals surface area contributed by atoms with Gasteiger partial charge in [0.05, 0.1) is 4.92 Å². The topological polar surface area (TPSA) is 159 Å². The highest BCUT2D eigenvalue weighted by Crippen LogP contribution is 2.24. The second-order valence-corrected chi connectivity index (χ2v) is 14.8. The van der Waals surface area contributed by atoms with Crippen LogP contribution >= 0.6 is 46.7 Å². The summed E-state index contributed by atoms with van der Waals surface area (Å²) in [6.45, 7) is 1.19. The van der Waals surface area contributed by atoms with Crippen molar-refractivity contribution in [1.82, 2.24) is 29.9 Å². The summed E-state index contributed by atoms with van der Waals surface area (Å²) < 4.78 is 0. The number of anilines is 1. The maximum Gasteiger partial charge on any atom is 0.272 e. The van der Waals surface area contributed by atoms with E-state index < -0.39 is 0 Å². The van der Waals surface area contributed by atoms with E-state index in [2.05, 4.69) is 20.3 Å². The van der Waals surface area contributed by atoms with E-state index in [1.807, 2.05) is 60.7 Å². The molecule has 0 aliphatic rings. The van der Waals surface area contributed by atoms with E-state index in [1.165, 1.54) is 0 Å². The van der Waals surface area contributed by atoms with E-state index >= 15 is 0 Å². The molecule has 0 amide bonds. The third kappa shape index (κ3) is 13.3. The SMILES string of the molecule is NCCCc1nc(NCCCc2nc(CCCCCc3ccccc3[N+](=O)[O-])nc(SCc3ccc(Cl)cc3)n2)nc(SCc2ccc(Cl)cc2)n1. The number of nitrogens with two attached hydrogens (primary N) is 1. The maximum atomic E-state index is 11.4. The molecule has 272 valence electrons. The van der Waals surface area contributed by atoms with Crippen molar-refractivity contribution in [3.8, 4) is 0 Å². The van der Waals surface area contributed by atoms with Gasteiger partial charge in [-0.3, -0.25) is 10.1 Å². The number of hydrogen-bond donors (Lipinski definition) is 2. The van der Waals surface area contributed by atoms with Crippen LogP contribution in [0.1, 0.15) is 66.3 Å². The summed E-state index contributed by atoms with van der Waals surface area (Å²) in [6.07, 6.45) is 6.87. The summed E-state index contributed by atoms with van der Waals surface area (Å²) in [5.74, 6) is 4.18. The van der Waals surface area contributed by atoms with Crippen LogP contribution < -0.4 is 11.1 Å². The van der Waals surface area contributed by atoms with Crippen LogP contribution in [0.25, 0.3) is 0 Å². The molecular formula is C37H41Cl2N9O2S2. The Morgan fingerprint density at radius 2 is 1.17 bits per heavy atom. The van der Waals surface area contributed by atoms with Gasteiger partial charge in [-0.25, -0.2) is 19.9 Å². The number of nitrogens with zero attached hydrogens (tertiary/aromatic N) is 7. The van der Waals surface area contributed by atoms with Gasteiger partial charge in [0.15, 0.2) is 10.3 Å². The van der Waals surface area contributed by atoms with Crippen molar-refractivity contribution < 1.29 is 4.92 Å². The van der Waals surface area contributed by atoms with Gasteiger partial charge in [-0.1, -0.05) is 95.6 Å². The molecule has 2 aromatic heterocycles. The summed E-state index contributed by atoms with van der Waals surface area (Å²) in [4.78, 5) is 39.5. The summed E-state index contributed by atoms with van der Waals surface area (Å²) in [5.41, 5.74) is 8.97. The Bertz CT molecular complexity index is 1890. The maximum absolute atomic E-state index is 11.4. The van der Waals surface area contributed by atoms with E-state index in [1.54, 1.807) is 35.7 Å². The average molecular weight is 779 g/mol. The van der Waals surface area contributed by atoms with Crippen molar-refractivity contribution in [3.05, 3.63) is 127 Å². The molecule has 0 saturated heterocycles. The number of hydrogen-bond acceptors (Lipinski definition) is 12. The third-order valence-electron chi connectivity index (χ3n) is 7.93. The van der Waals surface area contributed by atoms with Gasteiger partial charge in [0, 0.05) is 59.0 Å². The van der Waals surface area contributed by atoms with E-state index in [4.69, 9.17) is 43.9 Å². The summed E-state index contributed by atoms with van der Waals surface area (Å²) >= 11 is 15.3. The van der Waals surface area contributed by atoms with Gasteiger partial charge in [-0.2, -0.15) is 9.97 Å². The second kappa shape index (κ2) is 21.0. The summed E-state index contributed by atoms with van der Waals surface area (Å²) in [7, 11) is 0. The number of unbranched alkanes of at least 4 members (excludes halogenated alkanes) is 2. The van der Waals surface area contributed by atoms with Crippen molar-refractivity contribution in [2.24, 2.45) is 5.73 Å². The van der Waals surface area contributed by atoms with Crippen molar-refractivity contribution in [2.75, 3.05) is 18.4 Å². The van der Waals surface area contributed by atoms with Crippen LogP contribution in [0.5, 0.6) is 0 Å². The average Bonchev–Trinajstić information content (AvgIpc) is 3.15. The van der Waals surface area contributed by atoms with E-state index in [0.717, 1.165) is 60.4 Å². The van der Waals surface area contributed by atoms with Crippen molar-refractivity contribution >= 4 is 58.4 Å². The predicted molar refractivity (Wildman–Crippen MR) is 210 cm³/mol. The molecule has 0 unspecified atom stereocenters. The Kier molecular flexibility index (Phi) is 15.9. The molecule has 0 radical (unpaired) electrons. The van der Waals surface area contributed by atoms with Gasteiger partial charge in [0.25, 0.3) is 5.69 Å². The van der Waals surface area contributed by atoms with Crippen molar-refractivity contribution in [3.63, 3.8) is 0 Å². The van der Waals surface area contributed by atoms with Crippen molar-refractivity contribution in [1.29, 1.82) is 0 Å². The fourth-order valence-corrected chi connectivity index (χ4v) is 7.12. The molecule has 5 aromatic rings. The molecule has 11 nitrogen and oxygen atoms in total. The molecule has 15 heteroatoms. The Hall–Kier alpha value is -3.88. The molecule has 0 fully saturated rings. The number of thioether (sulfide) groups is 2. The minimum atomic E-state index is -0.314. The number of aryl methyl sites for hydroxylation is 4. The molecule has 3 N–H and O–H groups in total.